The van der Waals surface area contributed by atoms with Crippen molar-refractivity contribution in [2.75, 3.05) is 23.7 Å². The quantitative estimate of drug-likeness (QED) is 0.676. The Kier molecular flexibility index (Phi) is 5.25. The largest absolute Gasteiger partial charge is 0.454 e. The van der Waals surface area contributed by atoms with Crippen molar-refractivity contribution in [3.8, 4) is 17.6 Å². The molecule has 3 aromatic rings. The fourth-order valence-electron chi connectivity index (χ4n) is 2.12. The average molecular weight is 401 g/mol. The number of rotatable bonds is 6. The van der Waals surface area contributed by atoms with Crippen LogP contribution in [0.4, 0.5) is 10.9 Å². The highest BCUT2D eigenvalue weighted by Gasteiger charge is 2.18. The van der Waals surface area contributed by atoms with E-state index in [0.717, 1.165) is 17.2 Å². The first kappa shape index (κ1) is 18.6. The minimum atomic E-state index is -3.85. The molecule has 0 fully saturated rings. The Morgan fingerprint density at radius 1 is 1.22 bits per heavy atom. The molecule has 0 radical (unpaired) electrons. The third-order valence-electron chi connectivity index (χ3n) is 3.44. The van der Waals surface area contributed by atoms with Crippen LogP contribution in [0.5, 0.6) is 11.5 Å². The first-order valence-electron chi connectivity index (χ1n) is 7.67. The van der Waals surface area contributed by atoms with Gasteiger partial charge in [0.15, 0.2) is 5.13 Å². The van der Waals surface area contributed by atoms with Crippen molar-refractivity contribution >= 4 is 32.3 Å². The maximum absolute atomic E-state index is 12.4. The summed E-state index contributed by atoms with van der Waals surface area (Å²) in [6, 6.07) is 9.52. The normalized spacial score (nSPS) is 10.9. The van der Waals surface area contributed by atoms with Crippen molar-refractivity contribution in [1.29, 1.82) is 5.26 Å². The Morgan fingerprint density at radius 3 is 2.63 bits per heavy atom. The van der Waals surface area contributed by atoms with Gasteiger partial charge in [0.05, 0.1) is 16.7 Å². The number of hydrogen-bond acceptors (Lipinski definition) is 8. The van der Waals surface area contributed by atoms with Crippen LogP contribution in [0, 0.1) is 11.3 Å². The van der Waals surface area contributed by atoms with Gasteiger partial charge in [0, 0.05) is 25.7 Å². The van der Waals surface area contributed by atoms with E-state index in [9.17, 15) is 13.7 Å². The molecule has 10 heteroatoms. The fraction of sp³-hybridized carbons (Fsp3) is 0.118. The number of ether oxygens (including phenoxy) is 1. The van der Waals surface area contributed by atoms with Gasteiger partial charge in [0.25, 0.3) is 10.0 Å². The third kappa shape index (κ3) is 4.33. The molecule has 138 valence electrons. The van der Waals surface area contributed by atoms with Crippen LogP contribution in [0.2, 0.25) is 0 Å². The molecule has 0 aliphatic carbocycles. The summed E-state index contributed by atoms with van der Waals surface area (Å²) in [4.78, 5) is 9.92. The Morgan fingerprint density at radius 2 is 2.04 bits per heavy atom. The summed E-state index contributed by atoms with van der Waals surface area (Å²) in [5.41, 5.74) is 0.0914. The van der Waals surface area contributed by atoms with Crippen molar-refractivity contribution in [3.05, 3.63) is 53.7 Å². The third-order valence-corrected chi connectivity index (χ3v) is 5.60. The SMILES string of the molecule is CN(C)c1ccc(Oc2ccc(S(=O)(=O)Nc3nccs3)cc2C#N)cn1. The average Bonchev–Trinajstić information content (AvgIpc) is 3.14. The minimum absolute atomic E-state index is 0.0531. The number of aromatic nitrogens is 2. The molecule has 0 saturated carbocycles. The molecule has 2 heterocycles. The number of benzene rings is 1. The summed E-state index contributed by atoms with van der Waals surface area (Å²) in [5, 5.41) is 11.3. The second-order valence-electron chi connectivity index (χ2n) is 5.56. The second-order valence-corrected chi connectivity index (χ2v) is 8.14. The Labute approximate surface area is 160 Å². The predicted molar refractivity (Wildman–Crippen MR) is 103 cm³/mol. The van der Waals surface area contributed by atoms with Gasteiger partial charge in [-0.3, -0.25) is 4.72 Å². The maximum atomic E-state index is 12.4. The zero-order chi connectivity index (χ0) is 19.4. The highest BCUT2D eigenvalue weighted by atomic mass is 32.2. The van der Waals surface area contributed by atoms with E-state index in [2.05, 4.69) is 14.7 Å². The van der Waals surface area contributed by atoms with Gasteiger partial charge in [-0.05, 0) is 30.3 Å². The van der Waals surface area contributed by atoms with E-state index in [1.54, 1.807) is 17.5 Å². The van der Waals surface area contributed by atoms with E-state index in [4.69, 9.17) is 4.74 Å². The molecule has 0 aliphatic heterocycles. The van der Waals surface area contributed by atoms with Gasteiger partial charge in [0.2, 0.25) is 0 Å². The number of pyridine rings is 1. The van der Waals surface area contributed by atoms with Gasteiger partial charge < -0.3 is 9.64 Å². The van der Waals surface area contributed by atoms with Crippen molar-refractivity contribution in [2.45, 2.75) is 4.90 Å². The zero-order valence-corrected chi connectivity index (χ0v) is 16.1. The van der Waals surface area contributed by atoms with Crippen LogP contribution in [0.15, 0.2) is 53.0 Å². The highest BCUT2D eigenvalue weighted by molar-refractivity contribution is 7.93. The van der Waals surface area contributed by atoms with E-state index < -0.39 is 10.0 Å². The first-order chi connectivity index (χ1) is 12.9. The lowest BCUT2D eigenvalue weighted by atomic mass is 10.2. The lowest BCUT2D eigenvalue weighted by molar-refractivity contribution is 0.478. The van der Waals surface area contributed by atoms with Crippen molar-refractivity contribution in [2.24, 2.45) is 0 Å². The minimum Gasteiger partial charge on any atom is -0.454 e. The summed E-state index contributed by atoms with van der Waals surface area (Å²) in [6.07, 6.45) is 3.03. The van der Waals surface area contributed by atoms with Gasteiger partial charge in [-0.25, -0.2) is 18.4 Å². The first-order valence-corrected chi connectivity index (χ1v) is 10.0. The molecule has 1 N–H and O–H groups in total. The lowest BCUT2D eigenvalue weighted by Crippen LogP contribution is -2.13. The molecule has 0 bridgehead atoms. The number of anilines is 2. The number of thiazole rings is 1. The van der Waals surface area contributed by atoms with Gasteiger partial charge in [0.1, 0.15) is 23.4 Å². The van der Waals surface area contributed by atoms with E-state index in [1.165, 1.54) is 30.6 Å². The Balaban J connectivity index is 1.85. The van der Waals surface area contributed by atoms with Crippen molar-refractivity contribution in [1.82, 2.24) is 9.97 Å². The molecule has 0 amide bonds. The van der Waals surface area contributed by atoms with Gasteiger partial charge in [-0.2, -0.15) is 5.26 Å². The molecule has 0 saturated heterocycles. The number of nitrogens with one attached hydrogen (secondary N) is 1. The summed E-state index contributed by atoms with van der Waals surface area (Å²) >= 11 is 1.16. The molecule has 0 atom stereocenters. The molecule has 8 nitrogen and oxygen atoms in total. The second kappa shape index (κ2) is 7.61. The van der Waals surface area contributed by atoms with Crippen LogP contribution in [0.1, 0.15) is 5.56 Å². The summed E-state index contributed by atoms with van der Waals surface area (Å²) < 4.78 is 32.9. The number of hydrogen-bond donors (Lipinski definition) is 1. The lowest BCUT2D eigenvalue weighted by Gasteiger charge is -2.12. The zero-order valence-electron chi connectivity index (χ0n) is 14.4. The smallest absolute Gasteiger partial charge is 0.263 e. The number of nitrogens with zero attached hydrogens (tertiary/aromatic N) is 4. The van der Waals surface area contributed by atoms with Crippen molar-refractivity contribution in [3.63, 3.8) is 0 Å². The number of nitriles is 1. The van der Waals surface area contributed by atoms with Gasteiger partial charge >= 0.3 is 0 Å². The molecule has 3 rings (SSSR count). The van der Waals surface area contributed by atoms with E-state index in [1.807, 2.05) is 25.1 Å². The molecule has 0 aliphatic rings. The molecular formula is C17H15N5O3S2. The Hall–Kier alpha value is -3.16. The van der Waals surface area contributed by atoms with E-state index in [-0.39, 0.29) is 21.3 Å². The van der Waals surface area contributed by atoms with Crippen LogP contribution < -0.4 is 14.4 Å². The molecule has 0 unspecified atom stereocenters. The van der Waals surface area contributed by atoms with E-state index in [0.29, 0.717) is 5.75 Å². The van der Waals surface area contributed by atoms with Crippen LogP contribution in [0.3, 0.4) is 0 Å². The molecule has 27 heavy (non-hydrogen) atoms. The topological polar surface area (TPSA) is 108 Å². The van der Waals surface area contributed by atoms with Crippen LogP contribution in [-0.2, 0) is 10.0 Å². The standard InChI is InChI=1S/C17H15N5O3S2/c1-22(2)16-6-3-13(11-20-16)25-15-5-4-14(9-12(15)10-18)27(23,24)21-17-19-7-8-26-17/h3-9,11H,1-2H3,(H,19,21). The maximum Gasteiger partial charge on any atom is 0.263 e. The Bertz CT molecular complexity index is 1070. The monoisotopic (exact) mass is 401 g/mol. The summed E-state index contributed by atoms with van der Waals surface area (Å²) in [6.45, 7) is 0. The fourth-order valence-corrected chi connectivity index (χ4v) is 3.94. The summed E-state index contributed by atoms with van der Waals surface area (Å²) in [7, 11) is -0.106. The molecule has 0 spiro atoms. The van der Waals surface area contributed by atoms with Crippen LogP contribution in [0.25, 0.3) is 0 Å². The van der Waals surface area contributed by atoms with E-state index >= 15 is 0 Å². The highest BCUT2D eigenvalue weighted by Crippen LogP contribution is 2.28. The van der Waals surface area contributed by atoms with Crippen LogP contribution >= 0.6 is 11.3 Å². The van der Waals surface area contributed by atoms with Crippen LogP contribution in [-0.4, -0.2) is 32.5 Å². The molecular weight excluding hydrogens is 386 g/mol. The molecule has 2 aromatic heterocycles. The van der Waals surface area contributed by atoms with Gasteiger partial charge in [-0.1, -0.05) is 0 Å². The molecule has 1 aromatic carbocycles. The predicted octanol–water partition coefficient (Wildman–Crippen LogP) is 3.07. The summed E-state index contributed by atoms with van der Waals surface area (Å²) in [5.74, 6) is 1.44. The van der Waals surface area contributed by atoms with Gasteiger partial charge in [-0.15, -0.1) is 11.3 Å². The number of sulfonamides is 1. The van der Waals surface area contributed by atoms with Crippen molar-refractivity contribution < 1.29 is 13.2 Å².